The number of nitrogens with zero attached hydrogens (tertiary/aromatic N) is 3. The molecule has 2 N–H and O–H groups in total. The first-order valence-corrected chi connectivity index (χ1v) is 10.1. The fourth-order valence-electron chi connectivity index (χ4n) is 3.06. The average Bonchev–Trinajstić information content (AvgIpc) is 2.87. The summed E-state index contributed by atoms with van der Waals surface area (Å²) in [6.45, 7) is 13.6. The van der Waals surface area contributed by atoms with Crippen LogP contribution in [0.3, 0.4) is 0 Å². The summed E-state index contributed by atoms with van der Waals surface area (Å²) in [5, 5.41) is 7.98. The summed E-state index contributed by atoms with van der Waals surface area (Å²) in [4.78, 5) is 13.2. The number of rotatable bonds is 7. The van der Waals surface area contributed by atoms with Gasteiger partial charge in [-0.3, -0.25) is 9.89 Å². The zero-order valence-electron chi connectivity index (χ0n) is 15.7. The molecule has 1 unspecified atom stereocenters. The predicted molar refractivity (Wildman–Crippen MR) is 104 cm³/mol. The lowest BCUT2D eigenvalue weighted by Gasteiger charge is -2.32. The zero-order chi connectivity index (χ0) is 17.4. The lowest BCUT2D eigenvalue weighted by atomic mass is 10.0. The molecule has 1 saturated heterocycles. The van der Waals surface area contributed by atoms with Crippen molar-refractivity contribution in [2.24, 2.45) is 4.99 Å². The van der Waals surface area contributed by atoms with Gasteiger partial charge in [0, 0.05) is 37.0 Å². The largest absolute Gasteiger partial charge is 0.357 e. The van der Waals surface area contributed by atoms with Gasteiger partial charge in [0.05, 0.1) is 17.2 Å². The molecule has 1 atom stereocenters. The maximum atomic E-state index is 4.73. The van der Waals surface area contributed by atoms with Crippen LogP contribution < -0.4 is 10.6 Å². The van der Waals surface area contributed by atoms with Crippen molar-refractivity contribution in [2.75, 3.05) is 32.7 Å². The number of aryl methyl sites for hydroxylation is 2. The molecule has 0 amide bonds. The second-order valence-electron chi connectivity index (χ2n) is 6.57. The molecule has 0 radical (unpaired) electrons. The van der Waals surface area contributed by atoms with E-state index in [4.69, 9.17) is 4.99 Å². The van der Waals surface area contributed by atoms with Crippen LogP contribution in [0.25, 0.3) is 0 Å². The van der Waals surface area contributed by atoms with Gasteiger partial charge < -0.3 is 10.6 Å². The van der Waals surface area contributed by atoms with Crippen LogP contribution in [0.5, 0.6) is 0 Å². The predicted octanol–water partition coefficient (Wildman–Crippen LogP) is 2.73. The number of likely N-dealkylation sites (tertiary alicyclic amines) is 1. The topological polar surface area (TPSA) is 52.6 Å². The van der Waals surface area contributed by atoms with Crippen molar-refractivity contribution in [3.05, 3.63) is 15.6 Å². The minimum absolute atomic E-state index is 0.709. The van der Waals surface area contributed by atoms with Crippen LogP contribution in [-0.2, 0) is 6.42 Å². The van der Waals surface area contributed by atoms with E-state index >= 15 is 0 Å². The third-order valence-corrected chi connectivity index (χ3v) is 5.78. The van der Waals surface area contributed by atoms with Crippen molar-refractivity contribution in [3.63, 3.8) is 0 Å². The van der Waals surface area contributed by atoms with Crippen molar-refractivity contribution < 1.29 is 0 Å². The fourth-order valence-corrected chi connectivity index (χ4v) is 3.99. The van der Waals surface area contributed by atoms with Gasteiger partial charge in [-0.05, 0) is 47.1 Å². The highest BCUT2D eigenvalue weighted by molar-refractivity contribution is 7.11. The van der Waals surface area contributed by atoms with Crippen LogP contribution in [0.4, 0.5) is 0 Å². The number of hydrogen-bond acceptors (Lipinski definition) is 4. The number of aromatic nitrogens is 1. The van der Waals surface area contributed by atoms with Crippen molar-refractivity contribution >= 4 is 17.3 Å². The van der Waals surface area contributed by atoms with Gasteiger partial charge in [-0.15, -0.1) is 11.3 Å². The first kappa shape index (κ1) is 19.2. The molecule has 1 aliphatic rings. The normalized spacial score (nSPS) is 19.5. The Labute approximate surface area is 151 Å². The number of thiazole rings is 1. The van der Waals surface area contributed by atoms with Gasteiger partial charge in [-0.25, -0.2) is 4.98 Å². The van der Waals surface area contributed by atoms with E-state index in [2.05, 4.69) is 48.2 Å². The standard InChI is InChI=1S/C18H33N5S/c1-5-19-18(20-10-9-17-22-15(3)16(4)24-17)21-11-13-23-12-7-6-8-14(23)2/h14H,5-13H2,1-4H3,(H2,19,20,21). The molecule has 0 bridgehead atoms. The van der Waals surface area contributed by atoms with Gasteiger partial charge in [0.15, 0.2) is 5.96 Å². The SMILES string of the molecule is CCNC(=NCCN1CCCCC1C)NCCc1nc(C)c(C)s1. The highest BCUT2D eigenvalue weighted by atomic mass is 32.1. The van der Waals surface area contributed by atoms with Crippen LogP contribution >= 0.6 is 11.3 Å². The van der Waals surface area contributed by atoms with Crippen LogP contribution in [0.15, 0.2) is 4.99 Å². The molecule has 0 spiro atoms. The van der Waals surface area contributed by atoms with Gasteiger partial charge in [-0.2, -0.15) is 0 Å². The molecule has 0 saturated carbocycles. The fraction of sp³-hybridized carbons (Fsp3) is 0.778. The molecule has 1 aliphatic heterocycles. The van der Waals surface area contributed by atoms with E-state index in [9.17, 15) is 0 Å². The van der Waals surface area contributed by atoms with E-state index < -0.39 is 0 Å². The summed E-state index contributed by atoms with van der Waals surface area (Å²) in [7, 11) is 0. The highest BCUT2D eigenvalue weighted by Gasteiger charge is 2.17. The smallest absolute Gasteiger partial charge is 0.191 e. The van der Waals surface area contributed by atoms with E-state index in [1.807, 2.05) is 0 Å². The lowest BCUT2D eigenvalue weighted by Crippen LogP contribution is -2.41. The summed E-state index contributed by atoms with van der Waals surface area (Å²) in [6, 6.07) is 0.709. The Bertz CT molecular complexity index is 506. The van der Waals surface area contributed by atoms with E-state index in [1.165, 1.54) is 35.7 Å². The van der Waals surface area contributed by atoms with E-state index in [-0.39, 0.29) is 0 Å². The van der Waals surface area contributed by atoms with Gasteiger partial charge in [0.25, 0.3) is 0 Å². The van der Waals surface area contributed by atoms with Crippen LogP contribution in [0.1, 0.15) is 48.7 Å². The highest BCUT2D eigenvalue weighted by Crippen LogP contribution is 2.16. The Balaban J connectivity index is 1.75. The lowest BCUT2D eigenvalue weighted by molar-refractivity contribution is 0.166. The maximum Gasteiger partial charge on any atom is 0.191 e. The van der Waals surface area contributed by atoms with Gasteiger partial charge in [-0.1, -0.05) is 6.42 Å². The quantitative estimate of drug-likeness (QED) is 0.586. The summed E-state index contributed by atoms with van der Waals surface area (Å²) in [5.74, 6) is 0.923. The van der Waals surface area contributed by atoms with E-state index in [0.717, 1.165) is 44.3 Å². The Morgan fingerprint density at radius 3 is 2.83 bits per heavy atom. The molecule has 1 aromatic heterocycles. The Hall–Kier alpha value is -1.14. The molecule has 2 rings (SSSR count). The monoisotopic (exact) mass is 351 g/mol. The summed E-state index contributed by atoms with van der Waals surface area (Å²) in [6.07, 6.45) is 4.99. The van der Waals surface area contributed by atoms with Crippen LogP contribution in [0.2, 0.25) is 0 Å². The number of piperidine rings is 1. The van der Waals surface area contributed by atoms with Crippen molar-refractivity contribution in [2.45, 2.75) is 59.4 Å². The second-order valence-corrected chi connectivity index (χ2v) is 7.86. The molecule has 0 aliphatic carbocycles. The van der Waals surface area contributed by atoms with Gasteiger partial charge in [0.1, 0.15) is 0 Å². The number of aliphatic imine (C=N–C) groups is 1. The van der Waals surface area contributed by atoms with Gasteiger partial charge >= 0.3 is 0 Å². The molecule has 1 fully saturated rings. The van der Waals surface area contributed by atoms with E-state index in [0.29, 0.717) is 6.04 Å². The van der Waals surface area contributed by atoms with Crippen LogP contribution in [-0.4, -0.2) is 54.6 Å². The van der Waals surface area contributed by atoms with Crippen molar-refractivity contribution in [1.82, 2.24) is 20.5 Å². The Kier molecular flexibility index (Phi) is 7.99. The molecule has 0 aromatic carbocycles. The molecule has 136 valence electrons. The third kappa shape index (κ3) is 6.06. The second kappa shape index (κ2) is 9.99. The van der Waals surface area contributed by atoms with Crippen molar-refractivity contribution in [1.29, 1.82) is 0 Å². The average molecular weight is 352 g/mol. The molecule has 6 heteroatoms. The van der Waals surface area contributed by atoms with Crippen molar-refractivity contribution in [3.8, 4) is 0 Å². The molecule has 24 heavy (non-hydrogen) atoms. The first-order valence-electron chi connectivity index (χ1n) is 9.29. The molecule has 1 aromatic rings. The van der Waals surface area contributed by atoms with Gasteiger partial charge in [0.2, 0.25) is 0 Å². The minimum Gasteiger partial charge on any atom is -0.357 e. The number of hydrogen-bond donors (Lipinski definition) is 2. The number of nitrogens with one attached hydrogen (secondary N) is 2. The third-order valence-electron chi connectivity index (χ3n) is 4.65. The Morgan fingerprint density at radius 2 is 2.17 bits per heavy atom. The summed E-state index contributed by atoms with van der Waals surface area (Å²) in [5.41, 5.74) is 1.16. The summed E-state index contributed by atoms with van der Waals surface area (Å²) < 4.78 is 0. The summed E-state index contributed by atoms with van der Waals surface area (Å²) >= 11 is 1.80. The molecular weight excluding hydrogens is 318 g/mol. The number of guanidine groups is 1. The Morgan fingerprint density at radius 1 is 1.33 bits per heavy atom. The van der Waals surface area contributed by atoms with E-state index in [1.54, 1.807) is 11.3 Å². The maximum absolute atomic E-state index is 4.73. The first-order chi connectivity index (χ1) is 11.6. The van der Waals surface area contributed by atoms with Crippen LogP contribution in [0, 0.1) is 13.8 Å². The molecule has 5 nitrogen and oxygen atoms in total. The minimum atomic E-state index is 0.709. The molecular formula is C18H33N5S. The zero-order valence-corrected chi connectivity index (χ0v) is 16.5. The molecule has 2 heterocycles.